The Morgan fingerprint density at radius 1 is 0.615 bits per heavy atom. The molecule has 0 spiro atoms. The number of ether oxygens (including phenoxy) is 1. The van der Waals surface area contributed by atoms with Crippen molar-refractivity contribution in [1.82, 2.24) is 10.6 Å². The number of benzene rings is 4. The van der Waals surface area contributed by atoms with Gasteiger partial charge in [-0.05, 0) is 53.9 Å². The van der Waals surface area contributed by atoms with Gasteiger partial charge in [-0.25, -0.2) is 4.79 Å². The van der Waals surface area contributed by atoms with Crippen LogP contribution in [-0.4, -0.2) is 41.6 Å². The number of carbonyl (C=O) groups excluding carboxylic acids is 3. The largest absolute Gasteiger partial charge is 0.508 e. The highest BCUT2D eigenvalue weighted by molar-refractivity contribution is 5.97. The normalized spacial score (nSPS) is 12.1. The third-order valence-corrected chi connectivity index (χ3v) is 6.12. The summed E-state index contributed by atoms with van der Waals surface area (Å²) in [7, 11) is 0. The number of amides is 2. The van der Waals surface area contributed by atoms with Gasteiger partial charge in [0.05, 0.1) is 6.04 Å². The molecule has 2 atom stereocenters. The monoisotopic (exact) mass is 522 g/mol. The molecule has 7 heteroatoms. The number of carbonyl (C=O) groups is 3. The fourth-order valence-corrected chi connectivity index (χ4v) is 4.08. The summed E-state index contributed by atoms with van der Waals surface area (Å²) in [4.78, 5) is 39.0. The summed E-state index contributed by atoms with van der Waals surface area (Å²) in [5, 5.41) is 15.4. The van der Waals surface area contributed by atoms with Crippen molar-refractivity contribution in [2.24, 2.45) is 0 Å². The number of phenolic OH excluding ortho intramolecular Hbond substituents is 1. The van der Waals surface area contributed by atoms with Crippen LogP contribution in [0.3, 0.4) is 0 Å². The number of esters is 1. The number of phenols is 1. The summed E-state index contributed by atoms with van der Waals surface area (Å²) >= 11 is 0. The summed E-state index contributed by atoms with van der Waals surface area (Å²) in [5.41, 5.74) is 2.63. The minimum atomic E-state index is -0.982. The van der Waals surface area contributed by atoms with Crippen molar-refractivity contribution in [3.8, 4) is 5.75 Å². The number of hydrogen-bond donors (Lipinski definition) is 3. The van der Waals surface area contributed by atoms with Crippen molar-refractivity contribution in [3.05, 3.63) is 138 Å². The maximum absolute atomic E-state index is 13.3. The molecule has 2 amide bonds. The van der Waals surface area contributed by atoms with Crippen LogP contribution in [0.15, 0.2) is 115 Å². The molecule has 0 aliphatic heterocycles. The fourth-order valence-electron chi connectivity index (χ4n) is 4.08. The van der Waals surface area contributed by atoms with Crippen LogP contribution in [0.2, 0.25) is 0 Å². The average Bonchev–Trinajstić information content (AvgIpc) is 2.98. The van der Waals surface area contributed by atoms with Crippen LogP contribution in [0.4, 0.5) is 0 Å². The Labute approximate surface area is 227 Å². The van der Waals surface area contributed by atoms with Gasteiger partial charge in [0.15, 0.2) is 0 Å². The molecule has 4 aromatic carbocycles. The highest BCUT2D eigenvalue weighted by atomic mass is 16.5. The molecule has 39 heavy (non-hydrogen) atoms. The van der Waals surface area contributed by atoms with Gasteiger partial charge in [-0.3, -0.25) is 9.59 Å². The van der Waals surface area contributed by atoms with E-state index in [0.717, 1.165) is 11.1 Å². The smallest absolute Gasteiger partial charge is 0.329 e. The van der Waals surface area contributed by atoms with Gasteiger partial charge in [0.1, 0.15) is 18.4 Å². The molecule has 0 unspecified atom stereocenters. The van der Waals surface area contributed by atoms with E-state index in [1.54, 1.807) is 66.7 Å². The molecule has 7 nitrogen and oxygen atoms in total. The molecule has 4 rings (SSSR count). The van der Waals surface area contributed by atoms with Crippen molar-refractivity contribution in [2.45, 2.75) is 24.9 Å². The van der Waals surface area contributed by atoms with E-state index in [1.165, 1.54) is 12.1 Å². The Morgan fingerprint density at radius 3 is 1.67 bits per heavy atom. The second-order valence-corrected chi connectivity index (χ2v) is 9.12. The predicted molar refractivity (Wildman–Crippen MR) is 148 cm³/mol. The van der Waals surface area contributed by atoms with Crippen molar-refractivity contribution in [1.29, 1.82) is 0 Å². The molecule has 0 aliphatic carbocycles. The topological polar surface area (TPSA) is 105 Å². The summed E-state index contributed by atoms with van der Waals surface area (Å²) in [6.07, 6.45) is 0.614. The van der Waals surface area contributed by atoms with Crippen LogP contribution >= 0.6 is 0 Å². The van der Waals surface area contributed by atoms with E-state index in [1.807, 2.05) is 36.4 Å². The Morgan fingerprint density at radius 2 is 1.10 bits per heavy atom. The van der Waals surface area contributed by atoms with E-state index in [4.69, 9.17) is 4.74 Å². The molecule has 4 aromatic rings. The lowest BCUT2D eigenvalue weighted by molar-refractivity contribution is -0.146. The molecule has 0 aliphatic rings. The molecule has 0 radical (unpaired) electrons. The van der Waals surface area contributed by atoms with Gasteiger partial charge < -0.3 is 20.5 Å². The lowest BCUT2D eigenvalue weighted by atomic mass is 10.0. The molecule has 0 heterocycles. The van der Waals surface area contributed by atoms with Gasteiger partial charge in [-0.15, -0.1) is 0 Å². The first-order valence-corrected chi connectivity index (χ1v) is 12.7. The van der Waals surface area contributed by atoms with E-state index in [-0.39, 0.29) is 24.7 Å². The first-order chi connectivity index (χ1) is 19.0. The Bertz CT molecular complexity index is 1360. The maximum Gasteiger partial charge on any atom is 0.329 e. The molecule has 0 aromatic heterocycles. The number of hydrogen-bond acceptors (Lipinski definition) is 5. The number of nitrogens with one attached hydrogen (secondary N) is 2. The van der Waals surface area contributed by atoms with E-state index < -0.39 is 24.0 Å². The maximum atomic E-state index is 13.3. The SMILES string of the molecule is O=C(N[C@@H](COC(=O)[C@H](Cc1ccc(O)cc1)NC(=O)c1ccccc1)Cc1ccccc1)c1ccccc1. The molecular weight excluding hydrogens is 492 g/mol. The minimum absolute atomic E-state index is 0.0837. The second-order valence-electron chi connectivity index (χ2n) is 9.12. The van der Waals surface area contributed by atoms with E-state index in [9.17, 15) is 19.5 Å². The highest BCUT2D eigenvalue weighted by Gasteiger charge is 2.25. The quantitative estimate of drug-likeness (QED) is 0.255. The molecule has 198 valence electrons. The summed E-state index contributed by atoms with van der Waals surface area (Å²) < 4.78 is 5.69. The standard InChI is InChI=1S/C32H30N2O5/c35-28-18-16-24(17-19-28)21-29(34-31(37)26-14-8-3-9-15-26)32(38)39-22-27(20-23-10-4-1-5-11-23)33-30(36)25-12-6-2-7-13-25/h1-19,27,29,35H,20-22H2,(H,33,36)(H,34,37)/t27-,29+/m1/s1. The van der Waals surface area contributed by atoms with Gasteiger partial charge in [0, 0.05) is 17.5 Å². The molecule has 0 bridgehead atoms. The van der Waals surface area contributed by atoms with E-state index >= 15 is 0 Å². The minimum Gasteiger partial charge on any atom is -0.508 e. The summed E-state index contributed by atoms with van der Waals surface area (Å²) in [6, 6.07) is 32.0. The molecule has 0 saturated heterocycles. The van der Waals surface area contributed by atoms with Gasteiger partial charge in [-0.2, -0.15) is 0 Å². The van der Waals surface area contributed by atoms with Crippen LogP contribution in [0, 0.1) is 0 Å². The van der Waals surface area contributed by atoms with Gasteiger partial charge in [-0.1, -0.05) is 78.9 Å². The zero-order valence-corrected chi connectivity index (χ0v) is 21.3. The summed E-state index contributed by atoms with van der Waals surface area (Å²) in [5.74, 6) is -1.20. The lowest BCUT2D eigenvalue weighted by Gasteiger charge is -2.22. The van der Waals surface area contributed by atoms with Crippen molar-refractivity contribution >= 4 is 17.8 Å². The van der Waals surface area contributed by atoms with Gasteiger partial charge in [0.2, 0.25) is 0 Å². The van der Waals surface area contributed by atoms with Crippen LogP contribution in [0.25, 0.3) is 0 Å². The lowest BCUT2D eigenvalue weighted by Crippen LogP contribution is -2.46. The van der Waals surface area contributed by atoms with Crippen molar-refractivity contribution < 1.29 is 24.2 Å². The van der Waals surface area contributed by atoms with Gasteiger partial charge in [0.25, 0.3) is 11.8 Å². The summed E-state index contributed by atoms with van der Waals surface area (Å²) in [6.45, 7) is -0.0837. The first kappa shape index (κ1) is 27.1. The third kappa shape index (κ3) is 8.30. The van der Waals surface area contributed by atoms with Crippen LogP contribution < -0.4 is 10.6 Å². The zero-order chi connectivity index (χ0) is 27.5. The number of aromatic hydroxyl groups is 1. The van der Waals surface area contributed by atoms with Crippen LogP contribution in [-0.2, 0) is 22.4 Å². The number of rotatable bonds is 11. The average molecular weight is 523 g/mol. The Kier molecular flexibility index (Phi) is 9.45. The van der Waals surface area contributed by atoms with Crippen molar-refractivity contribution in [3.63, 3.8) is 0 Å². The predicted octanol–water partition coefficient (Wildman–Crippen LogP) is 4.32. The third-order valence-electron chi connectivity index (χ3n) is 6.12. The Hall–Kier alpha value is -4.91. The van der Waals surface area contributed by atoms with Crippen LogP contribution in [0.1, 0.15) is 31.8 Å². The second kappa shape index (κ2) is 13.6. The van der Waals surface area contributed by atoms with Gasteiger partial charge >= 0.3 is 5.97 Å². The van der Waals surface area contributed by atoms with E-state index in [0.29, 0.717) is 17.5 Å². The van der Waals surface area contributed by atoms with Crippen LogP contribution in [0.5, 0.6) is 5.75 Å². The fraction of sp³-hybridized carbons (Fsp3) is 0.156. The molecule has 3 N–H and O–H groups in total. The Balaban J connectivity index is 1.48. The molecule has 0 fully saturated rings. The molecular formula is C32H30N2O5. The molecule has 0 saturated carbocycles. The zero-order valence-electron chi connectivity index (χ0n) is 21.3. The van der Waals surface area contributed by atoms with E-state index in [2.05, 4.69) is 10.6 Å². The highest BCUT2D eigenvalue weighted by Crippen LogP contribution is 2.13. The first-order valence-electron chi connectivity index (χ1n) is 12.7. The van der Waals surface area contributed by atoms with Crippen molar-refractivity contribution in [2.75, 3.05) is 6.61 Å².